The topological polar surface area (TPSA) is 64.4 Å². The van der Waals surface area contributed by atoms with Gasteiger partial charge in [-0.2, -0.15) is 0 Å². The minimum Gasteiger partial charge on any atom is -0.377 e. The monoisotopic (exact) mass is 212 g/mol. The highest BCUT2D eigenvalue weighted by atomic mass is 16.5. The summed E-state index contributed by atoms with van der Waals surface area (Å²) in [7, 11) is 0. The lowest BCUT2D eigenvalue weighted by Gasteiger charge is -2.54. The summed E-state index contributed by atoms with van der Waals surface area (Å²) in [4.78, 5) is 11.5. The molecule has 2 rings (SSSR count). The van der Waals surface area contributed by atoms with E-state index in [2.05, 4.69) is 19.2 Å². The number of nitrogens with one attached hydrogen (secondary N) is 1. The first-order valence-electron chi connectivity index (χ1n) is 5.62. The van der Waals surface area contributed by atoms with E-state index in [4.69, 9.17) is 10.5 Å². The maximum atomic E-state index is 11.5. The Morgan fingerprint density at radius 2 is 2.27 bits per heavy atom. The van der Waals surface area contributed by atoms with Gasteiger partial charge in [0.1, 0.15) is 0 Å². The van der Waals surface area contributed by atoms with Gasteiger partial charge in [-0.3, -0.25) is 4.79 Å². The average molecular weight is 212 g/mol. The highest BCUT2D eigenvalue weighted by Crippen LogP contribution is 2.52. The first-order chi connectivity index (χ1) is 6.94. The minimum absolute atomic E-state index is 0.0473. The number of carbonyl (C=O) groups is 1. The zero-order valence-electron chi connectivity index (χ0n) is 9.62. The van der Waals surface area contributed by atoms with Crippen LogP contribution in [0, 0.1) is 11.3 Å². The van der Waals surface area contributed by atoms with Crippen LogP contribution in [-0.2, 0) is 9.53 Å². The smallest absolute Gasteiger partial charge is 0.236 e. The van der Waals surface area contributed by atoms with Crippen molar-refractivity contribution in [3.8, 4) is 0 Å². The standard InChI is InChI=1S/C11H20N2O2/c1-6(12)10(14)13-8-7-4-5-15-9(7)11(8,2)3/h6-9H,4-5,12H2,1-3H3,(H,13,14)/t6-,7?,8?,9?/m0/s1. The molecule has 1 heterocycles. The molecule has 1 saturated carbocycles. The van der Waals surface area contributed by atoms with E-state index in [1.807, 2.05) is 0 Å². The van der Waals surface area contributed by atoms with Crippen LogP contribution in [0.4, 0.5) is 0 Å². The molecule has 4 nitrogen and oxygen atoms in total. The summed E-state index contributed by atoms with van der Waals surface area (Å²) in [6, 6.07) is -0.203. The third-order valence-corrected chi connectivity index (χ3v) is 3.81. The first kappa shape index (κ1) is 10.9. The van der Waals surface area contributed by atoms with Crippen molar-refractivity contribution < 1.29 is 9.53 Å². The van der Waals surface area contributed by atoms with E-state index in [-0.39, 0.29) is 17.4 Å². The molecule has 0 spiro atoms. The maximum absolute atomic E-state index is 11.5. The number of amides is 1. The lowest BCUT2D eigenvalue weighted by Crippen LogP contribution is -2.67. The molecule has 15 heavy (non-hydrogen) atoms. The van der Waals surface area contributed by atoms with Crippen molar-refractivity contribution in [3.63, 3.8) is 0 Å². The SMILES string of the molecule is C[C@H](N)C(=O)NC1C2CCOC2C1(C)C. The van der Waals surface area contributed by atoms with Gasteiger partial charge in [-0.25, -0.2) is 0 Å². The highest BCUT2D eigenvalue weighted by Gasteiger charge is 2.59. The average Bonchev–Trinajstić information content (AvgIpc) is 2.59. The fourth-order valence-corrected chi connectivity index (χ4v) is 2.90. The van der Waals surface area contributed by atoms with Crippen LogP contribution in [0.2, 0.25) is 0 Å². The maximum Gasteiger partial charge on any atom is 0.236 e. The molecule has 1 amide bonds. The van der Waals surface area contributed by atoms with Gasteiger partial charge in [-0.15, -0.1) is 0 Å². The van der Waals surface area contributed by atoms with Crippen molar-refractivity contribution in [1.82, 2.24) is 5.32 Å². The molecular weight excluding hydrogens is 192 g/mol. The van der Waals surface area contributed by atoms with E-state index in [0.717, 1.165) is 13.0 Å². The van der Waals surface area contributed by atoms with Gasteiger partial charge in [0.05, 0.1) is 12.1 Å². The molecule has 4 atom stereocenters. The molecule has 1 aliphatic carbocycles. The first-order valence-corrected chi connectivity index (χ1v) is 5.62. The number of fused-ring (bicyclic) bond motifs is 1. The fourth-order valence-electron chi connectivity index (χ4n) is 2.90. The molecular formula is C11H20N2O2. The van der Waals surface area contributed by atoms with Crippen molar-refractivity contribution in [1.29, 1.82) is 0 Å². The van der Waals surface area contributed by atoms with Gasteiger partial charge < -0.3 is 15.8 Å². The van der Waals surface area contributed by atoms with Crippen molar-refractivity contribution in [2.24, 2.45) is 17.1 Å². The molecule has 2 fully saturated rings. The molecule has 0 aromatic heterocycles. The van der Waals surface area contributed by atoms with E-state index in [1.165, 1.54) is 0 Å². The second-order valence-corrected chi connectivity index (χ2v) is 5.34. The number of hydrogen-bond acceptors (Lipinski definition) is 3. The summed E-state index contributed by atoms with van der Waals surface area (Å²) in [6.45, 7) is 6.82. The Labute approximate surface area is 90.5 Å². The van der Waals surface area contributed by atoms with Gasteiger partial charge >= 0.3 is 0 Å². The summed E-state index contributed by atoms with van der Waals surface area (Å²) in [5, 5.41) is 3.03. The summed E-state index contributed by atoms with van der Waals surface area (Å²) in [6.07, 6.45) is 1.37. The van der Waals surface area contributed by atoms with Crippen LogP contribution in [0.3, 0.4) is 0 Å². The van der Waals surface area contributed by atoms with Crippen LogP contribution in [0.15, 0.2) is 0 Å². The Bertz CT molecular complexity index is 276. The van der Waals surface area contributed by atoms with Gasteiger partial charge in [0, 0.05) is 24.0 Å². The molecule has 0 aromatic carbocycles. The van der Waals surface area contributed by atoms with E-state index in [0.29, 0.717) is 12.0 Å². The number of nitrogens with two attached hydrogens (primary N) is 1. The van der Waals surface area contributed by atoms with Crippen LogP contribution < -0.4 is 11.1 Å². The zero-order chi connectivity index (χ0) is 11.2. The molecule has 0 bridgehead atoms. The van der Waals surface area contributed by atoms with Crippen LogP contribution in [0.25, 0.3) is 0 Å². The summed E-state index contributed by atoms with van der Waals surface area (Å²) in [5.74, 6) is 0.432. The Hall–Kier alpha value is -0.610. The second-order valence-electron chi connectivity index (χ2n) is 5.34. The molecule has 0 aromatic rings. The van der Waals surface area contributed by atoms with Crippen LogP contribution in [-0.4, -0.2) is 30.7 Å². The predicted octanol–water partition coefficient (Wildman–Crippen LogP) is 0.263. The van der Waals surface area contributed by atoms with Crippen molar-refractivity contribution in [2.45, 2.75) is 45.4 Å². The van der Waals surface area contributed by atoms with Crippen molar-refractivity contribution in [2.75, 3.05) is 6.61 Å². The summed E-state index contributed by atoms with van der Waals surface area (Å²) >= 11 is 0. The molecule has 3 unspecified atom stereocenters. The third kappa shape index (κ3) is 1.56. The molecule has 0 radical (unpaired) electrons. The normalized spacial score (nSPS) is 39.1. The minimum atomic E-state index is -0.429. The van der Waals surface area contributed by atoms with E-state index < -0.39 is 6.04 Å². The Balaban J connectivity index is 2.01. The van der Waals surface area contributed by atoms with Crippen LogP contribution >= 0.6 is 0 Å². The summed E-state index contributed by atoms with van der Waals surface area (Å²) in [5.41, 5.74) is 5.59. The lowest BCUT2D eigenvalue weighted by molar-refractivity contribution is -0.138. The lowest BCUT2D eigenvalue weighted by atomic mass is 9.57. The third-order valence-electron chi connectivity index (χ3n) is 3.81. The molecule has 3 N–H and O–H groups in total. The number of carbonyl (C=O) groups excluding carboxylic acids is 1. The van der Waals surface area contributed by atoms with Gasteiger partial charge in [-0.1, -0.05) is 13.8 Å². The van der Waals surface area contributed by atoms with Gasteiger partial charge in [0.25, 0.3) is 0 Å². The van der Waals surface area contributed by atoms with Crippen LogP contribution in [0.1, 0.15) is 27.2 Å². The Morgan fingerprint density at radius 1 is 1.60 bits per heavy atom. The van der Waals surface area contributed by atoms with Gasteiger partial charge in [-0.05, 0) is 13.3 Å². The highest BCUT2D eigenvalue weighted by molar-refractivity contribution is 5.81. The quantitative estimate of drug-likeness (QED) is 0.690. The Kier molecular flexibility index (Phi) is 2.51. The number of hydrogen-bond donors (Lipinski definition) is 2. The molecule has 86 valence electrons. The number of ether oxygens (including phenoxy) is 1. The van der Waals surface area contributed by atoms with Crippen molar-refractivity contribution >= 4 is 5.91 Å². The molecule has 1 aliphatic heterocycles. The van der Waals surface area contributed by atoms with Gasteiger partial charge in [0.2, 0.25) is 5.91 Å². The molecule has 1 saturated heterocycles. The second kappa shape index (κ2) is 3.46. The predicted molar refractivity (Wildman–Crippen MR) is 57.2 cm³/mol. The summed E-state index contributed by atoms with van der Waals surface area (Å²) < 4.78 is 5.66. The van der Waals surface area contributed by atoms with E-state index in [9.17, 15) is 4.79 Å². The van der Waals surface area contributed by atoms with Crippen LogP contribution in [0.5, 0.6) is 0 Å². The van der Waals surface area contributed by atoms with E-state index >= 15 is 0 Å². The van der Waals surface area contributed by atoms with Crippen molar-refractivity contribution in [3.05, 3.63) is 0 Å². The molecule has 4 heteroatoms. The van der Waals surface area contributed by atoms with E-state index in [1.54, 1.807) is 6.92 Å². The fraction of sp³-hybridized carbons (Fsp3) is 0.909. The largest absolute Gasteiger partial charge is 0.377 e. The Morgan fingerprint density at radius 3 is 2.87 bits per heavy atom. The number of rotatable bonds is 2. The molecule has 2 aliphatic rings. The van der Waals surface area contributed by atoms with Gasteiger partial charge in [0.15, 0.2) is 0 Å². The zero-order valence-corrected chi connectivity index (χ0v) is 9.62.